The third-order valence-corrected chi connectivity index (χ3v) is 5.89. The van der Waals surface area contributed by atoms with Crippen LogP contribution in [-0.2, 0) is 20.9 Å². The highest BCUT2D eigenvalue weighted by atomic mass is 35.5. The molecule has 0 atom stereocenters. The van der Waals surface area contributed by atoms with Crippen LogP contribution in [0.5, 0.6) is 0 Å². The second-order valence-electron chi connectivity index (χ2n) is 7.05. The Morgan fingerprint density at radius 2 is 1.97 bits per heavy atom. The van der Waals surface area contributed by atoms with E-state index in [4.69, 9.17) is 16.3 Å². The number of anilines is 1. The van der Waals surface area contributed by atoms with Crippen LogP contribution < -0.4 is 5.32 Å². The van der Waals surface area contributed by atoms with Crippen molar-refractivity contribution in [1.82, 2.24) is 9.78 Å². The number of thioether (sulfide) groups is 1. The molecule has 0 saturated heterocycles. The van der Waals surface area contributed by atoms with E-state index in [0.717, 1.165) is 27.4 Å². The van der Waals surface area contributed by atoms with E-state index < -0.39 is 11.9 Å². The molecule has 0 aliphatic carbocycles. The molecule has 0 radical (unpaired) electrons. The summed E-state index contributed by atoms with van der Waals surface area (Å²) in [4.78, 5) is 25.2. The van der Waals surface area contributed by atoms with Gasteiger partial charge in [-0.2, -0.15) is 5.10 Å². The number of carbonyl (C=O) groups excluding carboxylic acids is 2. The number of halogens is 1. The van der Waals surface area contributed by atoms with Gasteiger partial charge in [-0.05, 0) is 56.0 Å². The maximum Gasteiger partial charge on any atom is 0.331 e. The van der Waals surface area contributed by atoms with Gasteiger partial charge in [-0.15, -0.1) is 11.8 Å². The number of hydrogen-bond acceptors (Lipinski definition) is 5. The first kappa shape index (κ1) is 23.6. The molecular weight excluding hydrogens is 446 g/mol. The number of nitrogens with zero attached hydrogens (tertiary/aromatic N) is 2. The van der Waals surface area contributed by atoms with Crippen LogP contribution in [0, 0.1) is 13.8 Å². The maximum atomic E-state index is 12.1. The molecule has 0 aliphatic rings. The molecule has 0 bridgehead atoms. The molecule has 0 saturated carbocycles. The quantitative estimate of drug-likeness (QED) is 0.281. The van der Waals surface area contributed by atoms with Crippen LogP contribution in [0.25, 0.3) is 6.08 Å². The van der Waals surface area contributed by atoms with Crippen LogP contribution in [0.4, 0.5) is 5.69 Å². The number of aromatic nitrogens is 2. The van der Waals surface area contributed by atoms with Crippen molar-refractivity contribution in [2.45, 2.75) is 25.3 Å². The van der Waals surface area contributed by atoms with Gasteiger partial charge < -0.3 is 10.1 Å². The third kappa shape index (κ3) is 6.24. The van der Waals surface area contributed by atoms with Gasteiger partial charge in [0.15, 0.2) is 6.61 Å². The van der Waals surface area contributed by atoms with E-state index >= 15 is 0 Å². The number of aryl methyl sites for hydroxylation is 1. The van der Waals surface area contributed by atoms with Gasteiger partial charge in [-0.25, -0.2) is 4.79 Å². The minimum absolute atomic E-state index is 0.365. The molecule has 1 heterocycles. The Hall–Kier alpha value is -3.03. The SMILES string of the molecule is CSc1cccc(NC(=O)COC(=O)/C=C/c2c(C)nn(Cc3ccccc3Cl)c2C)c1. The number of carbonyl (C=O) groups is 2. The Balaban J connectivity index is 1.57. The zero-order valence-electron chi connectivity index (χ0n) is 18.1. The van der Waals surface area contributed by atoms with E-state index in [1.165, 1.54) is 6.08 Å². The first-order chi connectivity index (χ1) is 15.4. The molecule has 0 unspecified atom stereocenters. The third-order valence-electron chi connectivity index (χ3n) is 4.80. The Labute approximate surface area is 196 Å². The lowest BCUT2D eigenvalue weighted by molar-refractivity contribution is -0.142. The maximum absolute atomic E-state index is 12.1. The molecule has 1 aromatic heterocycles. The van der Waals surface area contributed by atoms with Gasteiger partial charge in [0.05, 0.1) is 12.2 Å². The van der Waals surface area contributed by atoms with Gasteiger partial charge in [0, 0.05) is 32.9 Å². The summed E-state index contributed by atoms with van der Waals surface area (Å²) in [7, 11) is 0. The number of ether oxygens (including phenoxy) is 1. The minimum Gasteiger partial charge on any atom is -0.452 e. The van der Waals surface area contributed by atoms with Crippen molar-refractivity contribution in [3.63, 3.8) is 0 Å². The first-order valence-electron chi connectivity index (χ1n) is 9.93. The molecule has 0 spiro atoms. The number of hydrogen-bond donors (Lipinski definition) is 1. The molecule has 8 heteroatoms. The Bertz CT molecular complexity index is 1160. The summed E-state index contributed by atoms with van der Waals surface area (Å²) in [5.41, 5.74) is 4.13. The van der Waals surface area contributed by atoms with Gasteiger partial charge in [-0.3, -0.25) is 9.48 Å². The minimum atomic E-state index is -0.601. The van der Waals surface area contributed by atoms with Crippen LogP contribution in [0.2, 0.25) is 5.02 Å². The summed E-state index contributed by atoms with van der Waals surface area (Å²) in [6.45, 7) is 3.97. The van der Waals surface area contributed by atoms with Crippen molar-refractivity contribution in [1.29, 1.82) is 0 Å². The molecule has 1 amide bonds. The number of amides is 1. The largest absolute Gasteiger partial charge is 0.452 e. The Kier molecular flexibility index (Phi) is 8.14. The van der Waals surface area contributed by atoms with Crippen molar-refractivity contribution in [2.24, 2.45) is 0 Å². The average Bonchev–Trinajstić information content (AvgIpc) is 3.04. The standard InChI is InChI=1S/C24H24ClN3O3S/c1-16-21(17(2)28(27-16)14-18-7-4-5-10-22(18)25)11-12-24(30)31-15-23(29)26-19-8-6-9-20(13-19)32-3/h4-13H,14-15H2,1-3H3,(H,26,29)/b12-11+. The smallest absolute Gasteiger partial charge is 0.331 e. The lowest BCUT2D eigenvalue weighted by atomic mass is 10.1. The van der Waals surface area contributed by atoms with Crippen molar-refractivity contribution in [2.75, 3.05) is 18.2 Å². The molecule has 32 heavy (non-hydrogen) atoms. The summed E-state index contributed by atoms with van der Waals surface area (Å²) in [5, 5.41) is 7.95. The van der Waals surface area contributed by atoms with E-state index in [1.807, 2.05) is 67.2 Å². The van der Waals surface area contributed by atoms with Crippen LogP contribution in [-0.4, -0.2) is 34.5 Å². The fourth-order valence-corrected chi connectivity index (χ4v) is 3.78. The molecule has 3 aromatic rings. The van der Waals surface area contributed by atoms with Crippen molar-refractivity contribution >= 4 is 47.0 Å². The van der Waals surface area contributed by atoms with Crippen LogP contribution in [0.1, 0.15) is 22.5 Å². The molecule has 2 aromatic carbocycles. The van der Waals surface area contributed by atoms with Crippen LogP contribution in [0.3, 0.4) is 0 Å². The second kappa shape index (κ2) is 11.0. The van der Waals surface area contributed by atoms with Gasteiger partial charge in [-0.1, -0.05) is 35.9 Å². The Morgan fingerprint density at radius 3 is 2.72 bits per heavy atom. The Morgan fingerprint density at radius 1 is 1.19 bits per heavy atom. The zero-order valence-corrected chi connectivity index (χ0v) is 19.7. The molecule has 3 rings (SSSR count). The highest BCUT2D eigenvalue weighted by Crippen LogP contribution is 2.21. The van der Waals surface area contributed by atoms with E-state index in [1.54, 1.807) is 23.9 Å². The number of rotatable bonds is 8. The zero-order chi connectivity index (χ0) is 23.1. The monoisotopic (exact) mass is 469 g/mol. The first-order valence-corrected chi connectivity index (χ1v) is 11.5. The molecule has 6 nitrogen and oxygen atoms in total. The predicted molar refractivity (Wildman–Crippen MR) is 129 cm³/mol. The number of esters is 1. The lowest BCUT2D eigenvalue weighted by Gasteiger charge is -2.07. The summed E-state index contributed by atoms with van der Waals surface area (Å²) in [6.07, 6.45) is 4.92. The molecule has 0 fully saturated rings. The van der Waals surface area contributed by atoms with Gasteiger partial charge in [0.2, 0.25) is 0 Å². The average molecular weight is 470 g/mol. The van der Waals surface area contributed by atoms with Gasteiger partial charge >= 0.3 is 5.97 Å². The van der Waals surface area contributed by atoms with E-state index in [2.05, 4.69) is 10.4 Å². The summed E-state index contributed by atoms with van der Waals surface area (Å²) in [5.74, 6) is -0.999. The van der Waals surface area contributed by atoms with Gasteiger partial charge in [0.1, 0.15) is 0 Å². The fourth-order valence-electron chi connectivity index (χ4n) is 3.13. The fraction of sp³-hybridized carbons (Fsp3) is 0.208. The summed E-state index contributed by atoms with van der Waals surface area (Å²) in [6, 6.07) is 15.1. The summed E-state index contributed by atoms with van der Waals surface area (Å²) >= 11 is 7.83. The topological polar surface area (TPSA) is 73.2 Å². The van der Waals surface area contributed by atoms with Crippen molar-refractivity contribution in [3.8, 4) is 0 Å². The highest BCUT2D eigenvalue weighted by Gasteiger charge is 2.12. The normalized spacial score (nSPS) is 11.0. The molecule has 166 valence electrons. The van der Waals surface area contributed by atoms with Gasteiger partial charge in [0.25, 0.3) is 5.91 Å². The van der Waals surface area contributed by atoms with E-state index in [9.17, 15) is 9.59 Å². The van der Waals surface area contributed by atoms with Crippen molar-refractivity contribution < 1.29 is 14.3 Å². The van der Waals surface area contributed by atoms with Crippen LogP contribution >= 0.6 is 23.4 Å². The highest BCUT2D eigenvalue weighted by molar-refractivity contribution is 7.98. The van der Waals surface area contributed by atoms with Crippen molar-refractivity contribution in [3.05, 3.63) is 82.1 Å². The molecule has 0 aliphatic heterocycles. The van der Waals surface area contributed by atoms with E-state index in [0.29, 0.717) is 17.3 Å². The second-order valence-corrected chi connectivity index (χ2v) is 8.34. The van der Waals surface area contributed by atoms with Crippen LogP contribution in [0.15, 0.2) is 59.5 Å². The predicted octanol–water partition coefficient (Wildman–Crippen LogP) is 5.12. The van der Waals surface area contributed by atoms with E-state index in [-0.39, 0.29) is 6.61 Å². The number of nitrogens with one attached hydrogen (secondary N) is 1. The number of benzene rings is 2. The molecular formula is C24H24ClN3O3S. The molecule has 1 N–H and O–H groups in total. The summed E-state index contributed by atoms with van der Waals surface area (Å²) < 4.78 is 6.91. The lowest BCUT2D eigenvalue weighted by Crippen LogP contribution is -2.20.